The molecule has 0 aliphatic rings. The number of ether oxygens (including phenoxy) is 1. The number of carbonyl (C=O) groups excluding carboxylic acids is 1. The van der Waals surface area contributed by atoms with Crippen LogP contribution in [-0.4, -0.2) is 5.91 Å². The Labute approximate surface area is 187 Å². The number of carbonyl (C=O) groups is 1. The molecule has 0 bridgehead atoms. The minimum Gasteiger partial charge on any atom is -0.454 e. The van der Waals surface area contributed by atoms with Crippen molar-refractivity contribution in [1.82, 2.24) is 0 Å². The predicted octanol–water partition coefficient (Wildman–Crippen LogP) is 6.23. The van der Waals surface area contributed by atoms with Crippen molar-refractivity contribution in [2.45, 2.75) is 11.3 Å². The molecule has 0 heterocycles. The molecular formula is C20H16Cl2N4O3S. The summed E-state index contributed by atoms with van der Waals surface area (Å²) in [5, 5.41) is 10.1. The van der Waals surface area contributed by atoms with Crippen LogP contribution >= 0.6 is 35.2 Å². The monoisotopic (exact) mass is 462 g/mol. The van der Waals surface area contributed by atoms with Gasteiger partial charge in [-0.3, -0.25) is 9.08 Å². The van der Waals surface area contributed by atoms with Gasteiger partial charge in [-0.05, 0) is 47.2 Å². The van der Waals surface area contributed by atoms with Gasteiger partial charge in [-0.15, -0.1) is 0 Å². The molecule has 0 spiro atoms. The van der Waals surface area contributed by atoms with Gasteiger partial charge in [0, 0.05) is 10.7 Å². The molecule has 0 fully saturated rings. The van der Waals surface area contributed by atoms with E-state index in [1.807, 2.05) is 12.1 Å². The van der Waals surface area contributed by atoms with Crippen molar-refractivity contribution in [1.29, 1.82) is 0 Å². The predicted molar refractivity (Wildman–Crippen MR) is 118 cm³/mol. The number of hydrogen-bond acceptors (Lipinski definition) is 6. The number of nitrogens with one attached hydrogen (secondary N) is 1. The summed E-state index contributed by atoms with van der Waals surface area (Å²) in [6.07, 6.45) is 0.137. The van der Waals surface area contributed by atoms with Gasteiger partial charge in [0.15, 0.2) is 0 Å². The van der Waals surface area contributed by atoms with Gasteiger partial charge in [-0.2, -0.15) is 0 Å². The average molecular weight is 463 g/mol. The molecule has 3 rings (SSSR count). The second-order valence-corrected chi connectivity index (χ2v) is 7.44. The number of halogens is 2. The van der Waals surface area contributed by atoms with Crippen molar-refractivity contribution >= 4 is 46.8 Å². The van der Waals surface area contributed by atoms with E-state index in [2.05, 4.69) is 15.8 Å². The van der Waals surface area contributed by atoms with E-state index in [0.717, 1.165) is 17.6 Å². The molecule has 3 N–H and O–H groups in total. The number of para-hydroxylation sites is 1. The Morgan fingerprint density at radius 3 is 2.47 bits per heavy atom. The van der Waals surface area contributed by atoms with Gasteiger partial charge in [-0.1, -0.05) is 53.5 Å². The van der Waals surface area contributed by atoms with Crippen molar-refractivity contribution < 1.29 is 13.8 Å². The fraction of sp³-hybridized carbons (Fsp3) is 0.0500. The summed E-state index contributed by atoms with van der Waals surface area (Å²) in [6, 6.07) is 19.3. The largest absolute Gasteiger partial charge is 0.454 e. The molecular weight excluding hydrogens is 447 g/mol. The summed E-state index contributed by atoms with van der Waals surface area (Å²) < 4.78 is 10.8. The Kier molecular flexibility index (Phi) is 7.78. The van der Waals surface area contributed by atoms with Crippen LogP contribution in [0.3, 0.4) is 0 Å². The zero-order valence-corrected chi connectivity index (χ0v) is 17.7. The van der Waals surface area contributed by atoms with Gasteiger partial charge in [0.25, 0.3) is 0 Å². The van der Waals surface area contributed by atoms with Crippen molar-refractivity contribution in [3.8, 4) is 11.5 Å². The van der Waals surface area contributed by atoms with E-state index in [1.54, 1.807) is 54.6 Å². The third-order valence-electron chi connectivity index (χ3n) is 3.80. The molecule has 10 heteroatoms. The van der Waals surface area contributed by atoms with Gasteiger partial charge < -0.3 is 15.9 Å². The first-order valence-electron chi connectivity index (χ1n) is 8.60. The second-order valence-electron chi connectivity index (χ2n) is 5.87. The maximum absolute atomic E-state index is 12.4. The molecule has 3 aromatic rings. The third-order valence-corrected chi connectivity index (χ3v) is 5.12. The summed E-state index contributed by atoms with van der Waals surface area (Å²) in [5.74, 6) is 5.66. The van der Waals surface area contributed by atoms with Gasteiger partial charge in [0.2, 0.25) is 5.91 Å². The lowest BCUT2D eigenvalue weighted by Crippen LogP contribution is -2.14. The summed E-state index contributed by atoms with van der Waals surface area (Å²) in [5.41, 5.74) is 1.27. The minimum absolute atomic E-state index is 0.137. The fourth-order valence-corrected chi connectivity index (χ4v) is 3.37. The molecule has 1 amide bonds. The van der Waals surface area contributed by atoms with Crippen LogP contribution in [0.25, 0.3) is 0 Å². The molecule has 154 valence electrons. The number of amides is 1. The molecule has 0 radical (unpaired) electrons. The lowest BCUT2D eigenvalue weighted by Gasteiger charge is -2.13. The quantitative estimate of drug-likeness (QED) is 0.179. The molecule has 0 aromatic heterocycles. The maximum atomic E-state index is 12.4. The SMILES string of the molecule is NN=NOSc1cc(NC(=O)Cc2ccccc2Cl)ccc1Oc1ccccc1Cl. The first kappa shape index (κ1) is 21.8. The van der Waals surface area contributed by atoms with E-state index in [1.165, 1.54) is 0 Å². The summed E-state index contributed by atoms with van der Waals surface area (Å²) in [7, 11) is 0. The normalized spacial score (nSPS) is 10.7. The van der Waals surface area contributed by atoms with Crippen LogP contribution in [0.5, 0.6) is 11.5 Å². The molecule has 3 aromatic carbocycles. The third kappa shape index (κ3) is 6.03. The number of nitrogens with two attached hydrogens (primary N) is 1. The molecule has 0 unspecified atom stereocenters. The zero-order chi connectivity index (χ0) is 21.3. The number of nitrogens with zero attached hydrogens (tertiary/aromatic N) is 2. The van der Waals surface area contributed by atoms with Crippen LogP contribution in [0.2, 0.25) is 10.0 Å². The van der Waals surface area contributed by atoms with E-state index in [-0.39, 0.29) is 12.3 Å². The Hall–Kier alpha value is -2.94. The Balaban J connectivity index is 1.78. The van der Waals surface area contributed by atoms with Crippen LogP contribution in [0, 0.1) is 0 Å². The zero-order valence-electron chi connectivity index (χ0n) is 15.4. The summed E-state index contributed by atoms with van der Waals surface area (Å²) in [4.78, 5) is 12.9. The van der Waals surface area contributed by atoms with Crippen LogP contribution in [0.1, 0.15) is 5.56 Å². The Bertz CT molecular complexity index is 1070. The first-order chi connectivity index (χ1) is 14.6. The van der Waals surface area contributed by atoms with Crippen LogP contribution < -0.4 is 15.9 Å². The maximum Gasteiger partial charge on any atom is 0.228 e. The molecule has 7 nitrogen and oxygen atoms in total. The summed E-state index contributed by atoms with van der Waals surface area (Å²) >= 11 is 13.1. The van der Waals surface area contributed by atoms with E-state index in [0.29, 0.717) is 32.1 Å². The number of rotatable bonds is 8. The van der Waals surface area contributed by atoms with Gasteiger partial charge in [-0.25, -0.2) is 0 Å². The topological polar surface area (TPSA) is 98.3 Å². The molecule has 0 aliphatic carbocycles. The van der Waals surface area contributed by atoms with E-state index in [4.69, 9.17) is 38.1 Å². The van der Waals surface area contributed by atoms with Crippen LogP contribution in [0.4, 0.5) is 5.69 Å². The number of benzene rings is 3. The Morgan fingerprint density at radius 1 is 1.00 bits per heavy atom. The lowest BCUT2D eigenvalue weighted by molar-refractivity contribution is -0.115. The van der Waals surface area contributed by atoms with Crippen molar-refractivity contribution in [3.05, 3.63) is 82.3 Å². The lowest BCUT2D eigenvalue weighted by atomic mass is 10.1. The number of hydrogen-bond donors (Lipinski definition) is 2. The highest BCUT2D eigenvalue weighted by atomic mass is 35.5. The molecule has 0 saturated carbocycles. The van der Waals surface area contributed by atoms with Gasteiger partial charge in [0.1, 0.15) is 23.5 Å². The molecule has 0 aliphatic heterocycles. The fourth-order valence-electron chi connectivity index (χ4n) is 2.48. The van der Waals surface area contributed by atoms with Crippen LogP contribution in [0.15, 0.2) is 82.1 Å². The second kappa shape index (κ2) is 10.7. The van der Waals surface area contributed by atoms with Crippen molar-refractivity contribution in [2.75, 3.05) is 5.32 Å². The van der Waals surface area contributed by atoms with Gasteiger partial charge >= 0.3 is 0 Å². The van der Waals surface area contributed by atoms with E-state index in [9.17, 15) is 4.79 Å². The molecule has 30 heavy (non-hydrogen) atoms. The van der Waals surface area contributed by atoms with E-state index < -0.39 is 0 Å². The number of anilines is 1. The standard InChI is InChI=1S/C20H16Cl2N4O3S/c21-15-6-2-1-5-13(15)11-20(27)24-14-9-10-18(19(12-14)30-29-26-25-23)28-17-8-4-3-7-16(17)22/h1-10,12H,11H2,(H2,23,26)(H,24,27). The van der Waals surface area contributed by atoms with Crippen LogP contribution in [-0.2, 0) is 15.5 Å². The molecule has 0 atom stereocenters. The van der Waals surface area contributed by atoms with Gasteiger partial charge in [0.05, 0.1) is 21.6 Å². The highest BCUT2D eigenvalue weighted by molar-refractivity contribution is 7.94. The molecule has 0 saturated heterocycles. The average Bonchev–Trinajstić information content (AvgIpc) is 2.73. The summed E-state index contributed by atoms with van der Waals surface area (Å²) in [6.45, 7) is 0. The first-order valence-corrected chi connectivity index (χ1v) is 10.1. The highest BCUT2D eigenvalue weighted by Gasteiger charge is 2.13. The minimum atomic E-state index is -0.221. The highest BCUT2D eigenvalue weighted by Crippen LogP contribution is 2.37. The van der Waals surface area contributed by atoms with Crippen molar-refractivity contribution in [2.24, 2.45) is 16.3 Å². The van der Waals surface area contributed by atoms with E-state index >= 15 is 0 Å². The smallest absolute Gasteiger partial charge is 0.228 e. The van der Waals surface area contributed by atoms with Crippen molar-refractivity contribution in [3.63, 3.8) is 0 Å². The Morgan fingerprint density at radius 2 is 1.73 bits per heavy atom.